The van der Waals surface area contributed by atoms with Crippen molar-refractivity contribution < 1.29 is 9.59 Å². The average Bonchev–Trinajstić information content (AvgIpc) is 3.44. The largest absolute Gasteiger partial charge is 0.349 e. The lowest BCUT2D eigenvalue weighted by Gasteiger charge is -2.09. The van der Waals surface area contributed by atoms with Crippen molar-refractivity contribution in [1.82, 2.24) is 25.6 Å². The Labute approximate surface area is 183 Å². The molecule has 0 fully saturated rings. The minimum atomic E-state index is -0.390. The second kappa shape index (κ2) is 8.69. The van der Waals surface area contributed by atoms with Crippen molar-refractivity contribution in [2.45, 2.75) is 20.3 Å². The Morgan fingerprint density at radius 3 is 2.69 bits per heavy atom. The molecule has 0 aliphatic heterocycles. The molecule has 10 nitrogen and oxygen atoms in total. The smallest absolute Gasteiger partial charge is 0.272 e. The van der Waals surface area contributed by atoms with Gasteiger partial charge in [-0.3, -0.25) is 9.59 Å². The molecule has 0 saturated carbocycles. The Balaban J connectivity index is 1.62. The fraction of sp³-hybridized carbons (Fsp3) is 0.182. The van der Waals surface area contributed by atoms with Gasteiger partial charge in [0.1, 0.15) is 5.69 Å². The molecule has 0 radical (unpaired) electrons. The minimum absolute atomic E-state index is 0.0870. The Morgan fingerprint density at radius 2 is 1.97 bits per heavy atom. The summed E-state index contributed by atoms with van der Waals surface area (Å²) in [7, 11) is 0. The number of benzene rings is 2. The standard InChI is InChI=1S/C22H20N8O2/c1-12(2)8-19(31)24-17-5-3-4-14-10-18(25-20(14)17)22(32)26-16-7-6-13(11-23)9-15(16)21-27-29-30-28-21/h3-7,9-10,12,25H,8H2,1-2H3,(H,24,31)(H,26,32)(H,27,28,29,30). The quantitative estimate of drug-likeness (QED) is 0.369. The van der Waals surface area contributed by atoms with Crippen LogP contribution in [0.4, 0.5) is 11.4 Å². The SMILES string of the molecule is CC(C)CC(=O)Nc1cccc2cc(C(=O)Nc3ccc(C#N)cc3-c3nnn[nH]3)[nH]c12. The Kier molecular flexibility index (Phi) is 5.63. The van der Waals surface area contributed by atoms with E-state index in [0.29, 0.717) is 46.0 Å². The van der Waals surface area contributed by atoms with Crippen LogP contribution in [-0.2, 0) is 4.79 Å². The average molecular weight is 428 g/mol. The molecule has 2 aromatic heterocycles. The number of amides is 2. The number of hydrogen-bond donors (Lipinski definition) is 4. The Morgan fingerprint density at radius 1 is 1.12 bits per heavy atom. The summed E-state index contributed by atoms with van der Waals surface area (Å²) in [6.07, 6.45) is 0.405. The third-order valence-corrected chi connectivity index (χ3v) is 4.77. The summed E-state index contributed by atoms with van der Waals surface area (Å²) in [5.41, 5.74) is 2.92. The van der Waals surface area contributed by atoms with Gasteiger partial charge in [-0.25, -0.2) is 5.10 Å². The molecule has 4 N–H and O–H groups in total. The molecule has 4 rings (SSSR count). The highest BCUT2D eigenvalue weighted by Gasteiger charge is 2.17. The lowest BCUT2D eigenvalue weighted by molar-refractivity contribution is -0.116. The molecule has 0 atom stereocenters. The summed E-state index contributed by atoms with van der Waals surface area (Å²) in [5, 5.41) is 29.3. The van der Waals surface area contributed by atoms with Crippen molar-refractivity contribution in [2.24, 2.45) is 5.92 Å². The molecule has 4 aromatic rings. The summed E-state index contributed by atoms with van der Waals surface area (Å²) in [6.45, 7) is 3.95. The van der Waals surface area contributed by atoms with Gasteiger partial charge >= 0.3 is 0 Å². The summed E-state index contributed by atoms with van der Waals surface area (Å²) in [5.74, 6) is 0.0830. The maximum absolute atomic E-state index is 13.0. The van der Waals surface area contributed by atoms with Crippen LogP contribution in [0.1, 0.15) is 36.3 Å². The molecule has 10 heteroatoms. The number of anilines is 2. The van der Waals surface area contributed by atoms with Crippen LogP contribution in [0, 0.1) is 17.2 Å². The summed E-state index contributed by atoms with van der Waals surface area (Å²) >= 11 is 0. The van der Waals surface area contributed by atoms with Crippen molar-refractivity contribution in [3.63, 3.8) is 0 Å². The number of carbonyl (C=O) groups is 2. The van der Waals surface area contributed by atoms with Gasteiger partial charge in [-0.1, -0.05) is 26.0 Å². The first kappa shape index (κ1) is 20.7. The van der Waals surface area contributed by atoms with E-state index in [9.17, 15) is 14.9 Å². The first-order valence-corrected chi connectivity index (χ1v) is 9.95. The van der Waals surface area contributed by atoms with Crippen LogP contribution in [0.3, 0.4) is 0 Å². The normalized spacial score (nSPS) is 10.8. The monoisotopic (exact) mass is 428 g/mol. The van der Waals surface area contributed by atoms with Gasteiger partial charge in [0.25, 0.3) is 5.91 Å². The summed E-state index contributed by atoms with van der Waals surface area (Å²) in [4.78, 5) is 28.3. The number of rotatable bonds is 6. The number of hydrogen-bond acceptors (Lipinski definition) is 6. The molecule has 0 spiro atoms. The number of tetrazole rings is 1. The van der Waals surface area contributed by atoms with Gasteiger partial charge in [-0.15, -0.1) is 5.10 Å². The first-order valence-electron chi connectivity index (χ1n) is 9.95. The zero-order chi connectivity index (χ0) is 22.7. The van der Waals surface area contributed by atoms with E-state index < -0.39 is 0 Å². The van der Waals surface area contributed by atoms with E-state index in [0.717, 1.165) is 5.39 Å². The highest BCUT2D eigenvalue weighted by atomic mass is 16.2. The molecule has 2 aromatic carbocycles. The third kappa shape index (κ3) is 4.32. The number of H-pyrrole nitrogens is 2. The fourth-order valence-corrected chi connectivity index (χ4v) is 3.34. The van der Waals surface area contributed by atoms with E-state index in [1.54, 1.807) is 30.3 Å². The molecule has 2 amide bonds. The van der Waals surface area contributed by atoms with Crippen LogP contribution < -0.4 is 10.6 Å². The molecule has 0 aliphatic carbocycles. The lowest BCUT2D eigenvalue weighted by atomic mass is 10.1. The molecule has 0 saturated heterocycles. The second-order valence-corrected chi connectivity index (χ2v) is 7.68. The summed E-state index contributed by atoms with van der Waals surface area (Å²) < 4.78 is 0. The van der Waals surface area contributed by atoms with E-state index in [4.69, 9.17) is 0 Å². The van der Waals surface area contributed by atoms with Gasteiger partial charge in [-0.05, 0) is 46.7 Å². The summed E-state index contributed by atoms with van der Waals surface area (Å²) in [6, 6.07) is 14.0. The molecule has 32 heavy (non-hydrogen) atoms. The molecular formula is C22H20N8O2. The maximum atomic E-state index is 13.0. The van der Waals surface area contributed by atoms with Gasteiger partial charge in [0.05, 0.1) is 28.5 Å². The maximum Gasteiger partial charge on any atom is 0.272 e. The Hall–Kier alpha value is -4.52. The van der Waals surface area contributed by atoms with E-state index in [1.807, 2.05) is 26.0 Å². The predicted molar refractivity (Wildman–Crippen MR) is 119 cm³/mol. The number of nitrogens with zero attached hydrogens (tertiary/aromatic N) is 4. The van der Waals surface area contributed by atoms with E-state index in [1.165, 1.54) is 0 Å². The zero-order valence-electron chi connectivity index (χ0n) is 17.4. The van der Waals surface area contributed by atoms with Crippen LogP contribution in [0.2, 0.25) is 0 Å². The predicted octanol–water partition coefficient (Wildman–Crippen LogP) is 3.46. The van der Waals surface area contributed by atoms with Crippen LogP contribution in [0.15, 0.2) is 42.5 Å². The number of aromatic nitrogens is 5. The number of nitriles is 1. The van der Waals surface area contributed by atoms with Crippen molar-refractivity contribution in [3.8, 4) is 17.5 Å². The third-order valence-electron chi connectivity index (χ3n) is 4.77. The first-order chi connectivity index (χ1) is 15.4. The fourth-order valence-electron chi connectivity index (χ4n) is 3.34. The van der Waals surface area contributed by atoms with Crippen molar-refractivity contribution in [1.29, 1.82) is 5.26 Å². The number of nitrogens with one attached hydrogen (secondary N) is 4. The highest BCUT2D eigenvalue weighted by Crippen LogP contribution is 2.28. The van der Waals surface area contributed by atoms with E-state index >= 15 is 0 Å². The van der Waals surface area contributed by atoms with Gasteiger partial charge in [0.15, 0.2) is 5.82 Å². The Bertz CT molecular complexity index is 1330. The van der Waals surface area contributed by atoms with Crippen LogP contribution >= 0.6 is 0 Å². The van der Waals surface area contributed by atoms with E-state index in [-0.39, 0.29) is 17.7 Å². The lowest BCUT2D eigenvalue weighted by Crippen LogP contribution is -2.14. The number of carbonyl (C=O) groups excluding carboxylic acids is 2. The topological polar surface area (TPSA) is 152 Å². The molecule has 0 unspecified atom stereocenters. The van der Waals surface area contributed by atoms with Crippen molar-refractivity contribution >= 4 is 34.1 Å². The van der Waals surface area contributed by atoms with Gasteiger partial charge < -0.3 is 15.6 Å². The van der Waals surface area contributed by atoms with Crippen molar-refractivity contribution in [3.05, 3.63) is 53.7 Å². The van der Waals surface area contributed by atoms with Gasteiger partial charge in [0, 0.05) is 17.4 Å². The van der Waals surface area contributed by atoms with Crippen molar-refractivity contribution in [2.75, 3.05) is 10.6 Å². The molecular weight excluding hydrogens is 408 g/mol. The minimum Gasteiger partial charge on any atom is -0.349 e. The molecule has 160 valence electrons. The van der Waals surface area contributed by atoms with Gasteiger partial charge in [-0.2, -0.15) is 5.26 Å². The number of para-hydroxylation sites is 1. The van der Waals surface area contributed by atoms with Gasteiger partial charge in [0.2, 0.25) is 5.91 Å². The van der Waals surface area contributed by atoms with Crippen LogP contribution in [0.5, 0.6) is 0 Å². The van der Waals surface area contributed by atoms with E-state index in [2.05, 4.69) is 42.3 Å². The number of aromatic amines is 2. The number of fused-ring (bicyclic) bond motifs is 1. The second-order valence-electron chi connectivity index (χ2n) is 7.68. The van der Waals surface area contributed by atoms with Crippen LogP contribution in [0.25, 0.3) is 22.3 Å². The molecule has 0 bridgehead atoms. The molecule has 0 aliphatic rings. The zero-order valence-corrected chi connectivity index (χ0v) is 17.4. The highest BCUT2D eigenvalue weighted by molar-refractivity contribution is 6.09. The van der Waals surface area contributed by atoms with Crippen LogP contribution in [-0.4, -0.2) is 37.4 Å². The molecule has 2 heterocycles.